The third kappa shape index (κ3) is 3.54. The van der Waals surface area contributed by atoms with Crippen LogP contribution in [0.15, 0.2) is 45.3 Å². The zero-order valence-corrected chi connectivity index (χ0v) is 12.8. The number of amides is 1. The van der Waals surface area contributed by atoms with Crippen LogP contribution in [0.5, 0.6) is 0 Å². The topological polar surface area (TPSA) is 55.1 Å². The Labute approximate surface area is 126 Å². The number of anilines is 2. The minimum Gasteiger partial charge on any atom is -0.399 e. The Balaban J connectivity index is 2.25. The lowest BCUT2D eigenvalue weighted by molar-refractivity contribution is 0.102. The molecule has 3 nitrogen and oxygen atoms in total. The number of halogens is 3. The molecule has 98 valence electrons. The van der Waals surface area contributed by atoms with Crippen molar-refractivity contribution in [3.05, 3.63) is 56.7 Å². The molecule has 2 aromatic rings. The Morgan fingerprint density at radius 1 is 1.11 bits per heavy atom. The highest BCUT2D eigenvalue weighted by Crippen LogP contribution is 2.22. The number of carbonyl (C=O) groups excluding carboxylic acids is 1. The first-order chi connectivity index (χ1) is 8.95. The lowest BCUT2D eigenvalue weighted by atomic mass is 10.2. The van der Waals surface area contributed by atoms with Gasteiger partial charge in [0.05, 0.1) is 5.69 Å². The minimum absolute atomic E-state index is 0.117. The number of nitrogens with two attached hydrogens (primary N) is 1. The summed E-state index contributed by atoms with van der Waals surface area (Å²) in [4.78, 5) is 12.0. The molecular weight excluding hydrogens is 379 g/mol. The molecule has 0 radical (unpaired) electrons. The van der Waals surface area contributed by atoms with Crippen molar-refractivity contribution in [1.29, 1.82) is 0 Å². The van der Waals surface area contributed by atoms with E-state index in [4.69, 9.17) is 5.73 Å². The first kappa shape index (κ1) is 14.0. The maximum Gasteiger partial charge on any atom is 0.255 e. The van der Waals surface area contributed by atoms with Crippen molar-refractivity contribution in [3.63, 3.8) is 0 Å². The summed E-state index contributed by atoms with van der Waals surface area (Å²) in [5, 5.41) is 2.50. The smallest absolute Gasteiger partial charge is 0.255 e. The van der Waals surface area contributed by atoms with Crippen LogP contribution in [-0.2, 0) is 0 Å². The van der Waals surface area contributed by atoms with Gasteiger partial charge in [0.1, 0.15) is 5.82 Å². The van der Waals surface area contributed by atoms with Gasteiger partial charge in [0.2, 0.25) is 0 Å². The predicted molar refractivity (Wildman–Crippen MR) is 80.6 cm³/mol. The molecule has 0 atom stereocenters. The molecule has 19 heavy (non-hydrogen) atoms. The van der Waals surface area contributed by atoms with Crippen molar-refractivity contribution in [2.24, 2.45) is 0 Å². The molecule has 0 aliphatic carbocycles. The fourth-order valence-electron chi connectivity index (χ4n) is 1.53. The standard InChI is InChI=1S/C13H9Br2FN2O/c14-8-1-2-12(11(16)6-8)18-13(19)7-3-9(15)5-10(17)4-7/h1-6H,17H2,(H,18,19). The van der Waals surface area contributed by atoms with Crippen LogP contribution in [0.25, 0.3) is 0 Å². The minimum atomic E-state index is -0.509. The number of hydrogen-bond donors (Lipinski definition) is 2. The van der Waals surface area contributed by atoms with Gasteiger partial charge in [0.15, 0.2) is 0 Å². The molecule has 0 saturated carbocycles. The molecule has 0 aliphatic heterocycles. The fourth-order valence-corrected chi connectivity index (χ4v) is 2.37. The van der Waals surface area contributed by atoms with Crippen LogP contribution in [0.2, 0.25) is 0 Å². The second kappa shape index (κ2) is 5.71. The van der Waals surface area contributed by atoms with E-state index in [2.05, 4.69) is 37.2 Å². The van der Waals surface area contributed by atoms with Gasteiger partial charge in [-0.25, -0.2) is 4.39 Å². The quantitative estimate of drug-likeness (QED) is 0.759. The molecule has 0 aromatic heterocycles. The number of hydrogen-bond acceptors (Lipinski definition) is 2. The van der Waals surface area contributed by atoms with E-state index >= 15 is 0 Å². The van der Waals surface area contributed by atoms with Gasteiger partial charge in [0, 0.05) is 20.2 Å². The van der Waals surface area contributed by atoms with Crippen LogP contribution in [-0.4, -0.2) is 5.91 Å². The number of carbonyl (C=O) groups is 1. The molecule has 0 spiro atoms. The second-order valence-electron chi connectivity index (χ2n) is 3.85. The highest BCUT2D eigenvalue weighted by molar-refractivity contribution is 9.10. The van der Waals surface area contributed by atoms with Gasteiger partial charge in [-0.2, -0.15) is 0 Å². The molecule has 0 unspecified atom stereocenters. The van der Waals surface area contributed by atoms with Crippen molar-refractivity contribution in [3.8, 4) is 0 Å². The Morgan fingerprint density at radius 2 is 1.84 bits per heavy atom. The van der Waals surface area contributed by atoms with E-state index in [9.17, 15) is 9.18 Å². The summed E-state index contributed by atoms with van der Waals surface area (Å²) in [7, 11) is 0. The molecule has 2 rings (SSSR count). The van der Waals surface area contributed by atoms with E-state index in [1.807, 2.05) is 0 Å². The first-order valence-corrected chi connectivity index (χ1v) is 6.87. The van der Waals surface area contributed by atoms with E-state index in [1.54, 1.807) is 18.2 Å². The third-order valence-electron chi connectivity index (χ3n) is 2.36. The van der Waals surface area contributed by atoms with Gasteiger partial charge in [-0.1, -0.05) is 31.9 Å². The van der Waals surface area contributed by atoms with Gasteiger partial charge >= 0.3 is 0 Å². The number of nitrogens with one attached hydrogen (secondary N) is 1. The molecule has 6 heteroatoms. The summed E-state index contributed by atoms with van der Waals surface area (Å²) in [5.41, 5.74) is 6.58. The number of rotatable bonds is 2. The third-order valence-corrected chi connectivity index (χ3v) is 3.31. The molecule has 0 bridgehead atoms. The van der Waals surface area contributed by atoms with Gasteiger partial charge in [0.25, 0.3) is 5.91 Å². The average molecular weight is 388 g/mol. The summed E-state index contributed by atoms with van der Waals surface area (Å²) in [5.74, 6) is -0.931. The van der Waals surface area contributed by atoms with Gasteiger partial charge in [-0.15, -0.1) is 0 Å². The maximum absolute atomic E-state index is 13.6. The SMILES string of the molecule is Nc1cc(Br)cc(C(=O)Nc2ccc(Br)cc2F)c1. The summed E-state index contributed by atoms with van der Waals surface area (Å²) in [6.07, 6.45) is 0. The lowest BCUT2D eigenvalue weighted by Crippen LogP contribution is -2.13. The normalized spacial score (nSPS) is 10.3. The highest BCUT2D eigenvalue weighted by atomic mass is 79.9. The number of nitrogen functional groups attached to an aromatic ring is 1. The Kier molecular flexibility index (Phi) is 4.21. The molecule has 2 aromatic carbocycles. The van der Waals surface area contributed by atoms with Gasteiger partial charge in [-0.05, 0) is 36.4 Å². The summed E-state index contributed by atoms with van der Waals surface area (Å²) in [6, 6.07) is 9.23. The van der Waals surface area contributed by atoms with E-state index in [0.29, 0.717) is 20.2 Å². The number of benzene rings is 2. The second-order valence-corrected chi connectivity index (χ2v) is 5.68. The first-order valence-electron chi connectivity index (χ1n) is 5.28. The Morgan fingerprint density at radius 3 is 2.47 bits per heavy atom. The average Bonchev–Trinajstić information content (AvgIpc) is 2.31. The molecule has 0 aliphatic rings. The summed E-state index contributed by atoms with van der Waals surface area (Å²) < 4.78 is 14.9. The van der Waals surface area contributed by atoms with Crippen molar-refractivity contribution in [2.45, 2.75) is 0 Å². The van der Waals surface area contributed by atoms with Gasteiger partial charge < -0.3 is 11.1 Å². The molecule has 3 N–H and O–H groups in total. The Hall–Kier alpha value is -1.40. The zero-order chi connectivity index (χ0) is 14.0. The van der Waals surface area contributed by atoms with Crippen molar-refractivity contribution in [2.75, 3.05) is 11.1 Å². The maximum atomic E-state index is 13.6. The van der Waals surface area contributed by atoms with Crippen LogP contribution in [0.4, 0.5) is 15.8 Å². The zero-order valence-electron chi connectivity index (χ0n) is 9.58. The molecule has 0 fully saturated rings. The van der Waals surface area contributed by atoms with Crippen molar-refractivity contribution in [1.82, 2.24) is 0 Å². The summed E-state index contributed by atoms with van der Waals surface area (Å²) >= 11 is 6.40. The monoisotopic (exact) mass is 386 g/mol. The molecule has 0 saturated heterocycles. The lowest BCUT2D eigenvalue weighted by Gasteiger charge is -2.08. The van der Waals surface area contributed by atoms with Gasteiger partial charge in [-0.3, -0.25) is 4.79 Å². The van der Waals surface area contributed by atoms with Crippen LogP contribution >= 0.6 is 31.9 Å². The largest absolute Gasteiger partial charge is 0.399 e. The van der Waals surface area contributed by atoms with Crippen LogP contribution in [0, 0.1) is 5.82 Å². The molecule has 1 amide bonds. The van der Waals surface area contributed by atoms with Crippen LogP contribution in [0.1, 0.15) is 10.4 Å². The van der Waals surface area contributed by atoms with E-state index in [-0.39, 0.29) is 5.69 Å². The van der Waals surface area contributed by atoms with Crippen LogP contribution < -0.4 is 11.1 Å². The van der Waals surface area contributed by atoms with Crippen molar-refractivity contribution >= 4 is 49.1 Å². The molecule has 0 heterocycles. The van der Waals surface area contributed by atoms with E-state index in [0.717, 1.165) is 0 Å². The van der Waals surface area contributed by atoms with E-state index in [1.165, 1.54) is 18.2 Å². The predicted octanol–water partition coefficient (Wildman–Crippen LogP) is 4.19. The highest BCUT2D eigenvalue weighted by Gasteiger charge is 2.10. The molecular formula is C13H9Br2FN2O. The van der Waals surface area contributed by atoms with E-state index < -0.39 is 11.7 Å². The summed E-state index contributed by atoms with van der Waals surface area (Å²) in [6.45, 7) is 0. The van der Waals surface area contributed by atoms with Crippen molar-refractivity contribution < 1.29 is 9.18 Å². The fraction of sp³-hybridized carbons (Fsp3) is 0. The Bertz CT molecular complexity index is 626. The van der Waals surface area contributed by atoms with Crippen LogP contribution in [0.3, 0.4) is 0 Å².